The van der Waals surface area contributed by atoms with Gasteiger partial charge in [-0.05, 0) is 12.8 Å². The average molecular weight is 268 g/mol. The number of carboxylic acids is 1. The van der Waals surface area contributed by atoms with E-state index in [0.717, 1.165) is 12.8 Å². The number of carboxylic acid groups (broad SMARTS) is 1. The molecule has 0 amide bonds. The van der Waals surface area contributed by atoms with Crippen molar-refractivity contribution >= 4 is 11.9 Å². The predicted molar refractivity (Wildman–Crippen MR) is 60.0 cm³/mol. The van der Waals surface area contributed by atoms with E-state index in [2.05, 4.69) is 0 Å². The first-order chi connectivity index (χ1) is 9.08. The molecule has 4 atom stereocenters. The minimum absolute atomic E-state index is 0.123. The molecule has 4 rings (SSSR count). The SMILES string of the molecule is O=C(O)[C@H]1CC2(OCCO2)[C@H]2CC[C@H]3C[C@@]12C(=O)O3. The van der Waals surface area contributed by atoms with E-state index in [0.29, 0.717) is 19.6 Å². The molecule has 0 aromatic rings. The lowest BCUT2D eigenvalue weighted by atomic mass is 9.64. The fourth-order valence-electron chi connectivity index (χ4n) is 4.66. The normalized spacial score (nSPS) is 46.3. The van der Waals surface area contributed by atoms with Gasteiger partial charge in [0, 0.05) is 18.8 Å². The van der Waals surface area contributed by atoms with Gasteiger partial charge in [-0.3, -0.25) is 9.59 Å². The maximum absolute atomic E-state index is 12.3. The molecule has 6 nitrogen and oxygen atoms in total. The summed E-state index contributed by atoms with van der Waals surface area (Å²) in [7, 11) is 0. The van der Waals surface area contributed by atoms with Gasteiger partial charge in [-0.2, -0.15) is 0 Å². The monoisotopic (exact) mass is 268 g/mol. The van der Waals surface area contributed by atoms with Gasteiger partial charge in [0.25, 0.3) is 0 Å². The van der Waals surface area contributed by atoms with Crippen LogP contribution < -0.4 is 0 Å². The molecule has 0 aromatic carbocycles. The highest BCUT2D eigenvalue weighted by Crippen LogP contribution is 2.65. The van der Waals surface area contributed by atoms with E-state index in [1.54, 1.807) is 0 Å². The minimum Gasteiger partial charge on any atom is -0.481 e. The first-order valence-corrected chi connectivity index (χ1v) is 6.80. The van der Waals surface area contributed by atoms with E-state index < -0.39 is 23.1 Å². The van der Waals surface area contributed by atoms with Gasteiger partial charge in [0.05, 0.1) is 24.5 Å². The number of fused-ring (bicyclic) bond motifs is 2. The Bertz CT molecular complexity index is 454. The minimum atomic E-state index is -0.944. The zero-order valence-electron chi connectivity index (χ0n) is 10.5. The molecule has 2 bridgehead atoms. The maximum atomic E-state index is 12.3. The molecule has 4 aliphatic rings. The Hall–Kier alpha value is -1.14. The third kappa shape index (κ3) is 1.24. The summed E-state index contributed by atoms with van der Waals surface area (Å²) < 4.78 is 16.9. The zero-order valence-corrected chi connectivity index (χ0v) is 10.5. The van der Waals surface area contributed by atoms with Crippen LogP contribution in [0.2, 0.25) is 0 Å². The zero-order chi connectivity index (χ0) is 13.3. The summed E-state index contributed by atoms with van der Waals surface area (Å²) in [5.74, 6) is -3.12. The van der Waals surface area contributed by atoms with Gasteiger partial charge in [-0.25, -0.2) is 0 Å². The van der Waals surface area contributed by atoms with Crippen LogP contribution in [0.3, 0.4) is 0 Å². The van der Waals surface area contributed by atoms with Crippen molar-refractivity contribution in [1.82, 2.24) is 0 Å². The molecule has 0 radical (unpaired) electrons. The van der Waals surface area contributed by atoms with Crippen molar-refractivity contribution in [1.29, 1.82) is 0 Å². The summed E-state index contributed by atoms with van der Waals surface area (Å²) in [5.41, 5.74) is -0.931. The largest absolute Gasteiger partial charge is 0.481 e. The lowest BCUT2D eigenvalue weighted by Crippen LogP contribution is -2.46. The van der Waals surface area contributed by atoms with Crippen molar-refractivity contribution in [2.45, 2.75) is 37.6 Å². The molecule has 2 aliphatic carbocycles. The number of esters is 1. The third-order valence-electron chi connectivity index (χ3n) is 5.33. The summed E-state index contributed by atoms with van der Waals surface area (Å²) in [4.78, 5) is 23.9. The van der Waals surface area contributed by atoms with Gasteiger partial charge >= 0.3 is 11.9 Å². The molecule has 2 heterocycles. The van der Waals surface area contributed by atoms with Gasteiger partial charge in [0.15, 0.2) is 5.79 Å². The Morgan fingerprint density at radius 3 is 2.63 bits per heavy atom. The van der Waals surface area contributed by atoms with Crippen LogP contribution in [0, 0.1) is 17.3 Å². The molecule has 1 N–H and O–H groups in total. The highest BCUT2D eigenvalue weighted by molar-refractivity contribution is 5.88. The molecule has 0 unspecified atom stereocenters. The first-order valence-electron chi connectivity index (χ1n) is 6.80. The van der Waals surface area contributed by atoms with E-state index >= 15 is 0 Å². The molecular weight excluding hydrogens is 252 g/mol. The van der Waals surface area contributed by atoms with E-state index in [-0.39, 0.29) is 24.4 Å². The standard InChI is InChI=1S/C13H16O6/c14-10(15)8-6-13(17-3-4-18-13)9-2-1-7-5-12(8,9)11(16)19-7/h7-9H,1-6H2,(H,14,15)/t7-,8+,9-,12+/m0/s1. The highest BCUT2D eigenvalue weighted by atomic mass is 16.7. The Morgan fingerprint density at radius 1 is 1.21 bits per heavy atom. The summed E-state index contributed by atoms with van der Waals surface area (Å²) in [6.45, 7) is 0.939. The van der Waals surface area contributed by atoms with Crippen LogP contribution in [-0.2, 0) is 23.8 Å². The van der Waals surface area contributed by atoms with E-state index in [9.17, 15) is 14.7 Å². The average Bonchev–Trinajstić information content (AvgIpc) is 3.01. The van der Waals surface area contributed by atoms with Gasteiger partial charge in [0.2, 0.25) is 0 Å². The lowest BCUT2D eigenvalue weighted by Gasteiger charge is -2.38. The van der Waals surface area contributed by atoms with Crippen molar-refractivity contribution in [3.05, 3.63) is 0 Å². The van der Waals surface area contributed by atoms with Gasteiger partial charge in [-0.1, -0.05) is 0 Å². The molecule has 104 valence electrons. The van der Waals surface area contributed by atoms with Crippen LogP contribution in [-0.4, -0.2) is 42.1 Å². The predicted octanol–water partition coefficient (Wildman–Crippen LogP) is 0.546. The van der Waals surface area contributed by atoms with E-state index in [4.69, 9.17) is 14.2 Å². The topological polar surface area (TPSA) is 82.1 Å². The smallest absolute Gasteiger partial charge is 0.313 e. The molecule has 2 spiro atoms. The number of ether oxygens (including phenoxy) is 3. The van der Waals surface area contributed by atoms with Crippen LogP contribution in [0.4, 0.5) is 0 Å². The molecule has 6 heteroatoms. The van der Waals surface area contributed by atoms with E-state index in [1.807, 2.05) is 0 Å². The number of hydrogen-bond acceptors (Lipinski definition) is 5. The molecule has 2 saturated carbocycles. The summed E-state index contributed by atoms with van der Waals surface area (Å²) >= 11 is 0. The Morgan fingerprint density at radius 2 is 1.95 bits per heavy atom. The van der Waals surface area contributed by atoms with Crippen LogP contribution in [0.15, 0.2) is 0 Å². The second kappa shape index (κ2) is 3.49. The molecule has 0 aromatic heterocycles. The fraction of sp³-hybridized carbons (Fsp3) is 0.846. The first kappa shape index (κ1) is 11.7. The fourth-order valence-corrected chi connectivity index (χ4v) is 4.66. The van der Waals surface area contributed by atoms with Crippen molar-refractivity contribution < 1.29 is 28.9 Å². The molecule has 4 fully saturated rings. The van der Waals surface area contributed by atoms with Crippen molar-refractivity contribution in [2.24, 2.45) is 17.3 Å². The summed E-state index contributed by atoms with van der Waals surface area (Å²) in [6.07, 6.45) is 2.15. The molecule has 2 saturated heterocycles. The van der Waals surface area contributed by atoms with Crippen molar-refractivity contribution in [2.75, 3.05) is 13.2 Å². The van der Waals surface area contributed by atoms with Gasteiger partial charge in [0.1, 0.15) is 6.10 Å². The third-order valence-corrected chi connectivity index (χ3v) is 5.33. The van der Waals surface area contributed by atoms with Crippen LogP contribution in [0.25, 0.3) is 0 Å². The van der Waals surface area contributed by atoms with Crippen LogP contribution >= 0.6 is 0 Å². The highest BCUT2D eigenvalue weighted by Gasteiger charge is 2.74. The van der Waals surface area contributed by atoms with Gasteiger partial charge < -0.3 is 19.3 Å². The Kier molecular flexibility index (Phi) is 2.14. The Balaban J connectivity index is 1.84. The molecule has 19 heavy (non-hydrogen) atoms. The second-order valence-electron chi connectivity index (χ2n) is 6.01. The lowest BCUT2D eigenvalue weighted by molar-refractivity contribution is -0.198. The summed E-state index contributed by atoms with van der Waals surface area (Å²) in [5, 5.41) is 9.51. The molecular formula is C13H16O6. The number of rotatable bonds is 1. The van der Waals surface area contributed by atoms with Crippen LogP contribution in [0.5, 0.6) is 0 Å². The maximum Gasteiger partial charge on any atom is 0.313 e. The van der Waals surface area contributed by atoms with Crippen molar-refractivity contribution in [3.8, 4) is 0 Å². The number of carbonyl (C=O) groups excluding carboxylic acids is 1. The number of carbonyl (C=O) groups is 2. The molecule has 2 aliphatic heterocycles. The van der Waals surface area contributed by atoms with Crippen LogP contribution in [0.1, 0.15) is 25.7 Å². The second-order valence-corrected chi connectivity index (χ2v) is 6.01. The summed E-state index contributed by atoms with van der Waals surface area (Å²) in [6, 6.07) is 0. The van der Waals surface area contributed by atoms with E-state index in [1.165, 1.54) is 0 Å². The van der Waals surface area contributed by atoms with Gasteiger partial charge in [-0.15, -0.1) is 0 Å². The number of hydrogen-bond donors (Lipinski definition) is 1. The number of aliphatic carboxylic acids is 1. The van der Waals surface area contributed by atoms with Crippen molar-refractivity contribution in [3.63, 3.8) is 0 Å². The Labute approximate surface area is 110 Å². The quantitative estimate of drug-likeness (QED) is 0.699.